The summed E-state index contributed by atoms with van der Waals surface area (Å²) in [7, 11) is 3.04. The van der Waals surface area contributed by atoms with Crippen LogP contribution in [0.3, 0.4) is 0 Å². The minimum atomic E-state index is -0.846. The first-order valence-electron chi connectivity index (χ1n) is 11.6. The van der Waals surface area contributed by atoms with Gasteiger partial charge in [-0.3, -0.25) is 14.6 Å². The Morgan fingerprint density at radius 3 is 2.42 bits per heavy atom. The van der Waals surface area contributed by atoms with E-state index in [1.807, 2.05) is 13.0 Å². The monoisotopic (exact) mass is 488 g/mol. The number of ether oxygens (including phenoxy) is 3. The molecular weight excluding hydrogens is 460 g/mol. The number of pyridine rings is 1. The Morgan fingerprint density at radius 1 is 1.03 bits per heavy atom. The van der Waals surface area contributed by atoms with Crippen molar-refractivity contribution in [2.24, 2.45) is 0 Å². The number of carbonyl (C=O) groups excluding carboxylic acids is 2. The van der Waals surface area contributed by atoms with Crippen LogP contribution in [0.15, 0.2) is 72.6 Å². The standard InChI is InChI=1S/C28H28N2O6/c1-4-14-36-21-10-7-19(8-11-21)26(31)24-25(20-9-12-22(34-2)23(15-20)35-3)30(28(33)27(24)32)17-18-6-5-13-29-16-18/h5-13,15-16,25,31H,4,14,17H2,1-3H3/b26-24-. The molecule has 1 aliphatic heterocycles. The van der Waals surface area contributed by atoms with E-state index < -0.39 is 17.7 Å². The lowest BCUT2D eigenvalue weighted by Gasteiger charge is -2.26. The van der Waals surface area contributed by atoms with Gasteiger partial charge in [-0.2, -0.15) is 0 Å². The number of nitrogens with zero attached hydrogens (tertiary/aromatic N) is 2. The molecule has 36 heavy (non-hydrogen) atoms. The molecule has 4 rings (SSSR count). The lowest BCUT2D eigenvalue weighted by Crippen LogP contribution is -2.29. The Kier molecular flexibility index (Phi) is 7.53. The number of aliphatic hydroxyl groups is 1. The highest BCUT2D eigenvalue weighted by molar-refractivity contribution is 6.46. The topological polar surface area (TPSA) is 98.2 Å². The molecule has 2 aromatic carbocycles. The van der Waals surface area contributed by atoms with Crippen molar-refractivity contribution in [2.75, 3.05) is 20.8 Å². The highest BCUT2D eigenvalue weighted by atomic mass is 16.5. The SMILES string of the molecule is CCCOc1ccc(/C(O)=C2/C(=O)C(=O)N(Cc3cccnc3)C2c2ccc(OC)c(OC)c2)cc1. The van der Waals surface area contributed by atoms with Gasteiger partial charge in [0.1, 0.15) is 11.5 Å². The Balaban J connectivity index is 1.82. The number of ketones is 1. The number of likely N-dealkylation sites (tertiary alicyclic amines) is 1. The van der Waals surface area contributed by atoms with Crippen LogP contribution in [0.25, 0.3) is 5.76 Å². The summed E-state index contributed by atoms with van der Waals surface area (Å²) < 4.78 is 16.4. The molecule has 0 bridgehead atoms. The molecule has 1 aliphatic rings. The van der Waals surface area contributed by atoms with Gasteiger partial charge in [0, 0.05) is 24.5 Å². The van der Waals surface area contributed by atoms with Crippen LogP contribution in [0, 0.1) is 0 Å². The Bertz CT molecular complexity index is 1270. The first-order valence-corrected chi connectivity index (χ1v) is 11.6. The average Bonchev–Trinajstić information content (AvgIpc) is 3.16. The number of aliphatic hydroxyl groups excluding tert-OH is 1. The number of amides is 1. The fourth-order valence-corrected chi connectivity index (χ4v) is 4.19. The number of rotatable bonds is 9. The molecule has 1 aromatic heterocycles. The smallest absolute Gasteiger partial charge is 0.295 e. The van der Waals surface area contributed by atoms with Gasteiger partial charge < -0.3 is 24.2 Å². The molecule has 0 radical (unpaired) electrons. The highest BCUT2D eigenvalue weighted by Gasteiger charge is 2.46. The van der Waals surface area contributed by atoms with Crippen molar-refractivity contribution in [1.82, 2.24) is 9.88 Å². The van der Waals surface area contributed by atoms with Gasteiger partial charge in [0.05, 0.1) is 32.4 Å². The Morgan fingerprint density at radius 2 is 1.78 bits per heavy atom. The summed E-state index contributed by atoms with van der Waals surface area (Å²) in [5.41, 5.74) is 1.75. The third kappa shape index (κ3) is 4.88. The predicted octanol–water partition coefficient (Wildman–Crippen LogP) is 4.51. The minimum Gasteiger partial charge on any atom is -0.507 e. The van der Waals surface area contributed by atoms with Gasteiger partial charge in [0.15, 0.2) is 11.5 Å². The average molecular weight is 489 g/mol. The summed E-state index contributed by atoms with van der Waals surface area (Å²) >= 11 is 0. The Hall–Kier alpha value is -4.33. The number of benzene rings is 2. The van der Waals surface area contributed by atoms with Crippen molar-refractivity contribution in [2.45, 2.75) is 25.9 Å². The van der Waals surface area contributed by atoms with E-state index in [0.29, 0.717) is 35.0 Å². The van der Waals surface area contributed by atoms with Gasteiger partial charge in [-0.1, -0.05) is 19.1 Å². The van der Waals surface area contributed by atoms with Crippen LogP contribution in [0.1, 0.15) is 36.1 Å². The molecule has 8 nitrogen and oxygen atoms in total. The van der Waals surface area contributed by atoms with Crippen molar-refractivity contribution in [3.63, 3.8) is 0 Å². The molecule has 1 atom stereocenters. The maximum Gasteiger partial charge on any atom is 0.295 e. The number of methoxy groups -OCH3 is 2. The van der Waals surface area contributed by atoms with Gasteiger partial charge in [-0.05, 0) is 60.0 Å². The van der Waals surface area contributed by atoms with E-state index >= 15 is 0 Å². The summed E-state index contributed by atoms with van der Waals surface area (Å²) in [4.78, 5) is 32.1. The lowest BCUT2D eigenvalue weighted by atomic mass is 9.94. The maximum atomic E-state index is 13.3. The van der Waals surface area contributed by atoms with Crippen LogP contribution in [-0.2, 0) is 16.1 Å². The zero-order valence-corrected chi connectivity index (χ0v) is 20.4. The molecule has 3 aromatic rings. The van der Waals surface area contributed by atoms with Crippen LogP contribution < -0.4 is 14.2 Å². The number of aromatic nitrogens is 1. The molecule has 1 unspecified atom stereocenters. The van der Waals surface area contributed by atoms with Gasteiger partial charge in [0.2, 0.25) is 0 Å². The predicted molar refractivity (Wildman–Crippen MR) is 134 cm³/mol. The number of carbonyl (C=O) groups is 2. The first-order chi connectivity index (χ1) is 17.5. The fraction of sp³-hybridized carbons (Fsp3) is 0.250. The second-order valence-electron chi connectivity index (χ2n) is 8.28. The van der Waals surface area contributed by atoms with Crippen molar-refractivity contribution >= 4 is 17.4 Å². The first kappa shape index (κ1) is 24.8. The van der Waals surface area contributed by atoms with E-state index in [-0.39, 0.29) is 17.9 Å². The van der Waals surface area contributed by atoms with Crippen LogP contribution in [0.4, 0.5) is 0 Å². The van der Waals surface area contributed by atoms with Crippen molar-refractivity contribution < 1.29 is 28.9 Å². The third-order valence-electron chi connectivity index (χ3n) is 5.94. The van der Waals surface area contributed by atoms with Crippen LogP contribution in [-0.4, -0.2) is 47.5 Å². The number of hydrogen-bond acceptors (Lipinski definition) is 7. The van der Waals surface area contributed by atoms with Gasteiger partial charge in [-0.15, -0.1) is 0 Å². The molecular formula is C28H28N2O6. The largest absolute Gasteiger partial charge is 0.507 e. The molecule has 1 fully saturated rings. The highest BCUT2D eigenvalue weighted by Crippen LogP contribution is 2.42. The summed E-state index contributed by atoms with van der Waals surface area (Å²) in [5.74, 6) is -0.121. The zero-order chi connectivity index (χ0) is 25.7. The quantitative estimate of drug-likeness (QED) is 0.269. The van der Waals surface area contributed by atoms with Crippen LogP contribution in [0.5, 0.6) is 17.2 Å². The summed E-state index contributed by atoms with van der Waals surface area (Å²) in [6, 6.07) is 14.7. The van der Waals surface area contributed by atoms with E-state index in [9.17, 15) is 14.7 Å². The normalized spacial score (nSPS) is 16.8. The molecule has 1 N–H and O–H groups in total. The van der Waals surface area contributed by atoms with Crippen molar-refractivity contribution in [3.05, 3.63) is 89.3 Å². The van der Waals surface area contributed by atoms with E-state index in [1.54, 1.807) is 60.9 Å². The number of Topliss-reactive ketones (excluding diaryl/α,β-unsaturated/α-hetero) is 1. The third-order valence-corrected chi connectivity index (χ3v) is 5.94. The van der Waals surface area contributed by atoms with Crippen LogP contribution in [0.2, 0.25) is 0 Å². The van der Waals surface area contributed by atoms with Crippen LogP contribution >= 0.6 is 0 Å². The molecule has 1 saturated heterocycles. The molecule has 1 amide bonds. The van der Waals surface area contributed by atoms with E-state index in [2.05, 4.69) is 4.98 Å². The Labute approximate surface area is 209 Å². The minimum absolute atomic E-state index is 0.00154. The lowest BCUT2D eigenvalue weighted by molar-refractivity contribution is -0.140. The molecule has 0 saturated carbocycles. The van der Waals surface area contributed by atoms with E-state index in [0.717, 1.165) is 12.0 Å². The van der Waals surface area contributed by atoms with Gasteiger partial charge in [-0.25, -0.2) is 0 Å². The zero-order valence-electron chi connectivity index (χ0n) is 20.4. The molecule has 0 aliphatic carbocycles. The van der Waals surface area contributed by atoms with Crippen molar-refractivity contribution in [3.8, 4) is 17.2 Å². The second-order valence-corrected chi connectivity index (χ2v) is 8.28. The molecule has 186 valence electrons. The fourth-order valence-electron chi connectivity index (χ4n) is 4.19. The summed E-state index contributed by atoms with van der Waals surface area (Å²) in [6.45, 7) is 2.72. The maximum absolute atomic E-state index is 13.3. The van der Waals surface area contributed by atoms with Gasteiger partial charge in [0.25, 0.3) is 11.7 Å². The van der Waals surface area contributed by atoms with E-state index in [1.165, 1.54) is 19.1 Å². The van der Waals surface area contributed by atoms with Crippen molar-refractivity contribution in [1.29, 1.82) is 0 Å². The number of hydrogen-bond donors (Lipinski definition) is 1. The molecule has 8 heteroatoms. The molecule has 0 spiro atoms. The van der Waals surface area contributed by atoms with E-state index in [4.69, 9.17) is 14.2 Å². The second kappa shape index (κ2) is 10.9. The summed E-state index contributed by atoms with van der Waals surface area (Å²) in [5, 5.41) is 11.3. The van der Waals surface area contributed by atoms with Gasteiger partial charge >= 0.3 is 0 Å². The molecule has 2 heterocycles. The summed E-state index contributed by atoms with van der Waals surface area (Å²) in [6.07, 6.45) is 4.14.